The molecule has 3 heterocycles. The van der Waals surface area contributed by atoms with E-state index in [0.717, 1.165) is 22.3 Å². The normalized spacial score (nSPS) is 11.1. The van der Waals surface area contributed by atoms with Gasteiger partial charge in [0, 0.05) is 28.6 Å². The van der Waals surface area contributed by atoms with Crippen molar-refractivity contribution >= 4 is 33.4 Å². The number of aromatic nitrogens is 4. The summed E-state index contributed by atoms with van der Waals surface area (Å²) in [5.74, 6) is 0.999. The quantitative estimate of drug-likeness (QED) is 0.494. The zero-order valence-corrected chi connectivity index (χ0v) is 17.9. The molecule has 1 aromatic carbocycles. The van der Waals surface area contributed by atoms with Crippen LogP contribution in [0, 0.1) is 0 Å². The van der Waals surface area contributed by atoms with Crippen LogP contribution >= 0.6 is 11.3 Å². The molecule has 4 rings (SSSR count). The Morgan fingerprint density at radius 3 is 2.67 bits per heavy atom. The SMILES string of the molecule is COc1ccc(-c2csc(NC(=O)c3cnc4c(cnn4C(C)C)c3)n2)cc1OC. The molecule has 0 bridgehead atoms. The molecule has 0 spiro atoms. The molecule has 0 unspecified atom stereocenters. The topological polar surface area (TPSA) is 91.2 Å². The highest BCUT2D eigenvalue weighted by atomic mass is 32.1. The number of carbonyl (C=O) groups excluding carboxylic acids is 1. The van der Waals surface area contributed by atoms with Gasteiger partial charge in [-0.25, -0.2) is 14.6 Å². The summed E-state index contributed by atoms with van der Waals surface area (Å²) in [7, 11) is 3.18. The second-order valence-corrected chi connectivity index (χ2v) is 7.74. The summed E-state index contributed by atoms with van der Waals surface area (Å²) < 4.78 is 12.4. The summed E-state index contributed by atoms with van der Waals surface area (Å²) in [6, 6.07) is 7.55. The van der Waals surface area contributed by atoms with Gasteiger partial charge in [-0.05, 0) is 38.1 Å². The minimum atomic E-state index is -0.269. The van der Waals surface area contributed by atoms with E-state index < -0.39 is 0 Å². The monoisotopic (exact) mass is 423 g/mol. The lowest BCUT2D eigenvalue weighted by molar-refractivity contribution is 0.102. The number of amides is 1. The van der Waals surface area contributed by atoms with Crippen molar-refractivity contribution in [2.45, 2.75) is 19.9 Å². The van der Waals surface area contributed by atoms with Crippen LogP contribution in [0.2, 0.25) is 0 Å². The highest BCUT2D eigenvalue weighted by molar-refractivity contribution is 7.14. The summed E-state index contributed by atoms with van der Waals surface area (Å²) in [4.78, 5) is 21.6. The van der Waals surface area contributed by atoms with Crippen LogP contribution in [0.1, 0.15) is 30.2 Å². The minimum absolute atomic E-state index is 0.194. The van der Waals surface area contributed by atoms with E-state index in [-0.39, 0.29) is 11.9 Å². The number of pyridine rings is 1. The third-order valence-corrected chi connectivity index (χ3v) is 5.35. The molecule has 4 aromatic rings. The van der Waals surface area contributed by atoms with Gasteiger partial charge < -0.3 is 9.47 Å². The van der Waals surface area contributed by atoms with Gasteiger partial charge in [-0.1, -0.05) is 0 Å². The van der Waals surface area contributed by atoms with Gasteiger partial charge in [0.1, 0.15) is 0 Å². The number of anilines is 1. The molecule has 154 valence electrons. The number of methoxy groups -OCH3 is 2. The van der Waals surface area contributed by atoms with Gasteiger partial charge in [-0.15, -0.1) is 11.3 Å². The Morgan fingerprint density at radius 2 is 1.93 bits per heavy atom. The highest BCUT2D eigenvalue weighted by Crippen LogP contribution is 2.33. The fourth-order valence-corrected chi connectivity index (χ4v) is 3.79. The number of hydrogen-bond donors (Lipinski definition) is 1. The largest absolute Gasteiger partial charge is 0.493 e. The molecule has 1 amide bonds. The van der Waals surface area contributed by atoms with E-state index in [2.05, 4.69) is 20.4 Å². The van der Waals surface area contributed by atoms with Gasteiger partial charge >= 0.3 is 0 Å². The fourth-order valence-electron chi connectivity index (χ4n) is 3.07. The number of fused-ring (bicyclic) bond motifs is 1. The Morgan fingerprint density at radius 1 is 1.13 bits per heavy atom. The van der Waals surface area contributed by atoms with E-state index in [9.17, 15) is 4.79 Å². The van der Waals surface area contributed by atoms with E-state index in [1.165, 1.54) is 11.3 Å². The average Bonchev–Trinajstić information content (AvgIpc) is 3.39. The molecule has 0 aliphatic heterocycles. The van der Waals surface area contributed by atoms with Gasteiger partial charge in [-0.3, -0.25) is 10.1 Å². The molecule has 0 aliphatic carbocycles. The van der Waals surface area contributed by atoms with Gasteiger partial charge in [0.05, 0.1) is 31.7 Å². The maximum atomic E-state index is 12.7. The number of carbonyl (C=O) groups is 1. The summed E-state index contributed by atoms with van der Waals surface area (Å²) >= 11 is 1.35. The van der Waals surface area contributed by atoms with Crippen molar-refractivity contribution in [3.8, 4) is 22.8 Å². The van der Waals surface area contributed by atoms with Crippen molar-refractivity contribution in [2.75, 3.05) is 19.5 Å². The van der Waals surface area contributed by atoms with Crippen LogP contribution in [0.3, 0.4) is 0 Å². The first-order chi connectivity index (χ1) is 14.5. The second kappa shape index (κ2) is 8.11. The molecule has 0 saturated carbocycles. The maximum Gasteiger partial charge on any atom is 0.259 e. The van der Waals surface area contributed by atoms with Gasteiger partial charge in [0.25, 0.3) is 5.91 Å². The molecule has 9 heteroatoms. The predicted molar refractivity (Wildman–Crippen MR) is 117 cm³/mol. The predicted octanol–water partition coefficient (Wildman–Crippen LogP) is 4.41. The van der Waals surface area contributed by atoms with E-state index >= 15 is 0 Å². The Labute approximate surface area is 177 Å². The number of thiazole rings is 1. The van der Waals surface area contributed by atoms with Crippen LogP contribution in [0.25, 0.3) is 22.3 Å². The third-order valence-electron chi connectivity index (χ3n) is 4.59. The molecular weight excluding hydrogens is 402 g/mol. The van der Waals surface area contributed by atoms with Crippen molar-refractivity contribution in [1.82, 2.24) is 19.7 Å². The Balaban J connectivity index is 1.54. The molecule has 8 nitrogen and oxygen atoms in total. The average molecular weight is 423 g/mol. The number of ether oxygens (including phenoxy) is 2. The van der Waals surface area contributed by atoms with Crippen LogP contribution in [0.5, 0.6) is 11.5 Å². The Kier molecular flexibility index (Phi) is 5.37. The third kappa shape index (κ3) is 3.71. The number of nitrogens with zero attached hydrogens (tertiary/aromatic N) is 4. The maximum absolute atomic E-state index is 12.7. The smallest absolute Gasteiger partial charge is 0.259 e. The van der Waals surface area contributed by atoms with E-state index in [0.29, 0.717) is 22.2 Å². The lowest BCUT2D eigenvalue weighted by Gasteiger charge is -2.08. The van der Waals surface area contributed by atoms with Crippen molar-refractivity contribution in [2.24, 2.45) is 0 Å². The molecular formula is C21H21N5O3S. The number of benzene rings is 1. The first-order valence-electron chi connectivity index (χ1n) is 9.32. The zero-order chi connectivity index (χ0) is 21.3. The summed E-state index contributed by atoms with van der Waals surface area (Å²) in [5.41, 5.74) is 2.82. The Hall–Kier alpha value is -3.46. The fraction of sp³-hybridized carbons (Fsp3) is 0.238. The molecule has 1 N–H and O–H groups in total. The lowest BCUT2D eigenvalue weighted by atomic mass is 10.1. The van der Waals surface area contributed by atoms with Gasteiger partial charge in [0.2, 0.25) is 0 Å². The first-order valence-corrected chi connectivity index (χ1v) is 10.2. The van der Waals surface area contributed by atoms with Crippen molar-refractivity contribution in [1.29, 1.82) is 0 Å². The molecule has 0 saturated heterocycles. The van der Waals surface area contributed by atoms with E-state index in [1.807, 2.05) is 42.1 Å². The van der Waals surface area contributed by atoms with Crippen LogP contribution < -0.4 is 14.8 Å². The molecule has 0 aliphatic rings. The molecule has 0 radical (unpaired) electrons. The summed E-state index contributed by atoms with van der Waals surface area (Å²) in [6.45, 7) is 4.07. The van der Waals surface area contributed by atoms with Crippen LogP contribution in [0.4, 0.5) is 5.13 Å². The van der Waals surface area contributed by atoms with Gasteiger partial charge in [0.15, 0.2) is 22.3 Å². The van der Waals surface area contributed by atoms with E-state index in [1.54, 1.807) is 32.7 Å². The summed E-state index contributed by atoms with van der Waals surface area (Å²) in [6.07, 6.45) is 3.28. The first kappa shape index (κ1) is 19.8. The number of rotatable bonds is 6. The standard InChI is InChI=1S/C21H21N5O3S/c1-12(2)26-19-14(10-23-26)7-15(9-22-19)20(27)25-21-24-16(11-30-21)13-5-6-17(28-3)18(8-13)29-4/h5-12H,1-4H3,(H,24,25,27). The van der Waals surface area contributed by atoms with Crippen molar-refractivity contribution in [3.63, 3.8) is 0 Å². The lowest BCUT2D eigenvalue weighted by Crippen LogP contribution is -2.12. The van der Waals surface area contributed by atoms with E-state index in [4.69, 9.17) is 9.47 Å². The van der Waals surface area contributed by atoms with Gasteiger partial charge in [-0.2, -0.15) is 5.10 Å². The second-order valence-electron chi connectivity index (χ2n) is 6.88. The molecule has 3 aromatic heterocycles. The molecule has 30 heavy (non-hydrogen) atoms. The van der Waals surface area contributed by atoms with Crippen molar-refractivity contribution < 1.29 is 14.3 Å². The van der Waals surface area contributed by atoms with Crippen LogP contribution in [0.15, 0.2) is 42.0 Å². The Bertz CT molecular complexity index is 1210. The molecule has 0 atom stereocenters. The minimum Gasteiger partial charge on any atom is -0.493 e. The van der Waals surface area contributed by atoms with Crippen LogP contribution in [-0.4, -0.2) is 39.9 Å². The molecule has 0 fully saturated rings. The highest BCUT2D eigenvalue weighted by Gasteiger charge is 2.14. The zero-order valence-electron chi connectivity index (χ0n) is 17.0. The summed E-state index contributed by atoms with van der Waals surface area (Å²) in [5, 5.41) is 10.4. The van der Waals surface area contributed by atoms with Crippen LogP contribution in [-0.2, 0) is 0 Å². The van der Waals surface area contributed by atoms with Crippen molar-refractivity contribution in [3.05, 3.63) is 47.6 Å². The number of nitrogens with one attached hydrogen (secondary N) is 1. The number of hydrogen-bond acceptors (Lipinski definition) is 7.